The highest BCUT2D eigenvalue weighted by molar-refractivity contribution is 6.07. The lowest BCUT2D eigenvalue weighted by atomic mass is 9.75. The summed E-state index contributed by atoms with van der Waals surface area (Å²) in [5.74, 6) is -0.558. The van der Waals surface area contributed by atoms with Crippen molar-refractivity contribution in [2.45, 2.75) is 47.5 Å². The number of benzene rings is 2. The molecule has 1 aliphatic carbocycles. The largest absolute Gasteiger partial charge is 0.322 e. The van der Waals surface area contributed by atoms with Crippen LogP contribution in [0.5, 0.6) is 0 Å². The Morgan fingerprint density at radius 1 is 0.906 bits per heavy atom. The number of aromatic nitrogens is 1. The Balaban J connectivity index is 1.88. The van der Waals surface area contributed by atoms with Crippen LogP contribution in [0.25, 0.3) is 5.69 Å². The van der Waals surface area contributed by atoms with E-state index in [1.54, 1.807) is 4.57 Å². The zero-order valence-electron chi connectivity index (χ0n) is 19.2. The van der Waals surface area contributed by atoms with Crippen molar-refractivity contribution >= 4 is 17.4 Å². The van der Waals surface area contributed by atoms with Crippen LogP contribution in [-0.2, 0) is 6.42 Å². The van der Waals surface area contributed by atoms with Crippen LogP contribution < -0.4 is 10.9 Å². The number of carbonyl (C=O) groups excluding carboxylic acids is 2. The van der Waals surface area contributed by atoms with Crippen LogP contribution in [0.4, 0.5) is 5.69 Å². The molecule has 0 saturated carbocycles. The van der Waals surface area contributed by atoms with Crippen LogP contribution in [0.3, 0.4) is 0 Å². The summed E-state index contributed by atoms with van der Waals surface area (Å²) in [5.41, 5.74) is 4.91. The van der Waals surface area contributed by atoms with Crippen molar-refractivity contribution < 1.29 is 9.59 Å². The van der Waals surface area contributed by atoms with Crippen molar-refractivity contribution in [2.75, 3.05) is 5.32 Å². The summed E-state index contributed by atoms with van der Waals surface area (Å²) >= 11 is 0. The zero-order valence-corrected chi connectivity index (χ0v) is 19.2. The molecule has 164 valence electrons. The average Bonchev–Trinajstić information content (AvgIpc) is 2.70. The smallest absolute Gasteiger partial charge is 0.268 e. The molecule has 4 rings (SSSR count). The Hall–Kier alpha value is -3.47. The van der Waals surface area contributed by atoms with Gasteiger partial charge in [-0.05, 0) is 74.1 Å². The number of fused-ring (bicyclic) bond motifs is 1. The quantitative estimate of drug-likeness (QED) is 0.626. The van der Waals surface area contributed by atoms with Crippen LogP contribution >= 0.6 is 0 Å². The van der Waals surface area contributed by atoms with Gasteiger partial charge < -0.3 is 5.32 Å². The Morgan fingerprint density at radius 3 is 2.25 bits per heavy atom. The van der Waals surface area contributed by atoms with Crippen LogP contribution in [0.1, 0.15) is 63.4 Å². The van der Waals surface area contributed by atoms with Crippen molar-refractivity contribution in [1.82, 2.24) is 4.57 Å². The molecular formula is C27H28N2O3. The van der Waals surface area contributed by atoms with E-state index >= 15 is 0 Å². The fourth-order valence-corrected chi connectivity index (χ4v) is 4.26. The number of ketones is 1. The maximum absolute atomic E-state index is 13.6. The summed E-state index contributed by atoms with van der Waals surface area (Å²) in [4.78, 5) is 39.8. The fourth-order valence-electron chi connectivity index (χ4n) is 4.26. The second kappa shape index (κ2) is 7.90. The molecule has 0 aliphatic heterocycles. The van der Waals surface area contributed by atoms with Gasteiger partial charge in [-0.2, -0.15) is 0 Å². The Morgan fingerprint density at radius 2 is 1.59 bits per heavy atom. The topological polar surface area (TPSA) is 68.2 Å². The molecule has 0 spiro atoms. The van der Waals surface area contributed by atoms with E-state index in [1.165, 1.54) is 6.07 Å². The SMILES string of the molecule is Cc1ccc(-n2c3c(cc(C(=O)Nc4ccc(C)c(C)c4)c2=O)C(=O)CC(C)(C)C3)cc1. The van der Waals surface area contributed by atoms with Crippen molar-refractivity contribution in [3.8, 4) is 5.69 Å². The van der Waals surface area contributed by atoms with E-state index in [0.717, 1.165) is 16.7 Å². The van der Waals surface area contributed by atoms with Gasteiger partial charge in [0, 0.05) is 29.1 Å². The summed E-state index contributed by atoms with van der Waals surface area (Å²) in [5, 5.41) is 2.83. The third kappa shape index (κ3) is 4.03. The first kappa shape index (κ1) is 21.8. The lowest BCUT2D eigenvalue weighted by Crippen LogP contribution is -2.37. The molecule has 1 aromatic heterocycles. The van der Waals surface area contributed by atoms with Gasteiger partial charge in [0.15, 0.2) is 5.78 Å². The van der Waals surface area contributed by atoms with Gasteiger partial charge in [0.2, 0.25) is 0 Å². The molecule has 32 heavy (non-hydrogen) atoms. The highest BCUT2D eigenvalue weighted by Gasteiger charge is 2.35. The number of nitrogens with zero attached hydrogens (tertiary/aromatic N) is 1. The molecule has 0 radical (unpaired) electrons. The second-order valence-electron chi connectivity index (χ2n) is 9.59. The van der Waals surface area contributed by atoms with E-state index in [9.17, 15) is 14.4 Å². The van der Waals surface area contributed by atoms with Crippen molar-refractivity contribution in [3.63, 3.8) is 0 Å². The minimum atomic E-state index is -0.514. The van der Waals surface area contributed by atoms with Crippen molar-refractivity contribution in [2.24, 2.45) is 5.41 Å². The number of Topliss-reactive ketones (excluding diaryl/α,β-unsaturated/α-hetero) is 1. The number of carbonyl (C=O) groups is 2. The summed E-state index contributed by atoms with van der Waals surface area (Å²) in [6.07, 6.45) is 0.959. The van der Waals surface area contributed by atoms with Crippen LogP contribution in [0.2, 0.25) is 0 Å². The number of nitrogens with one attached hydrogen (secondary N) is 1. The predicted octanol–water partition coefficient (Wildman–Crippen LogP) is 5.17. The van der Waals surface area contributed by atoms with Gasteiger partial charge in [0.1, 0.15) is 5.56 Å². The lowest BCUT2D eigenvalue weighted by molar-refractivity contribution is 0.0909. The third-order valence-electron chi connectivity index (χ3n) is 6.19. The number of hydrogen-bond donors (Lipinski definition) is 1. The molecular weight excluding hydrogens is 400 g/mol. The Kier molecular flexibility index (Phi) is 5.37. The van der Waals surface area contributed by atoms with Gasteiger partial charge in [0.25, 0.3) is 11.5 Å². The average molecular weight is 429 g/mol. The summed E-state index contributed by atoms with van der Waals surface area (Å²) in [7, 11) is 0. The second-order valence-corrected chi connectivity index (χ2v) is 9.59. The molecule has 1 aliphatic rings. The minimum absolute atomic E-state index is 0.0318. The number of rotatable bonds is 3. The normalized spacial score (nSPS) is 14.7. The monoisotopic (exact) mass is 428 g/mol. The number of hydrogen-bond acceptors (Lipinski definition) is 3. The van der Waals surface area contributed by atoms with Crippen LogP contribution in [0, 0.1) is 26.2 Å². The summed E-state index contributed by atoms with van der Waals surface area (Å²) < 4.78 is 1.54. The minimum Gasteiger partial charge on any atom is -0.322 e. The zero-order chi connectivity index (χ0) is 23.2. The number of amides is 1. The first-order chi connectivity index (χ1) is 15.1. The third-order valence-corrected chi connectivity index (χ3v) is 6.19. The van der Waals surface area contributed by atoms with Gasteiger partial charge in [-0.25, -0.2) is 0 Å². The molecule has 0 saturated heterocycles. The molecule has 5 nitrogen and oxygen atoms in total. The fraction of sp³-hybridized carbons (Fsp3) is 0.296. The van der Waals surface area contributed by atoms with E-state index in [4.69, 9.17) is 0 Å². The van der Waals surface area contributed by atoms with Crippen LogP contribution in [-0.4, -0.2) is 16.3 Å². The Bertz CT molecular complexity index is 1300. The first-order valence-electron chi connectivity index (χ1n) is 10.8. The maximum Gasteiger partial charge on any atom is 0.268 e. The molecule has 5 heteroatoms. The molecule has 1 N–H and O–H groups in total. The van der Waals surface area contributed by atoms with Gasteiger partial charge in [-0.1, -0.05) is 37.6 Å². The number of pyridine rings is 1. The molecule has 2 aromatic carbocycles. The lowest BCUT2D eigenvalue weighted by Gasteiger charge is -2.32. The summed E-state index contributed by atoms with van der Waals surface area (Å²) in [6, 6.07) is 14.6. The molecule has 0 bridgehead atoms. The first-order valence-corrected chi connectivity index (χ1v) is 10.8. The molecule has 1 heterocycles. The number of anilines is 1. The molecule has 1 amide bonds. The highest BCUT2D eigenvalue weighted by Crippen LogP contribution is 2.35. The van der Waals surface area contributed by atoms with Gasteiger partial charge >= 0.3 is 0 Å². The van der Waals surface area contributed by atoms with Gasteiger partial charge in [-0.15, -0.1) is 0 Å². The summed E-state index contributed by atoms with van der Waals surface area (Å²) in [6.45, 7) is 9.99. The highest BCUT2D eigenvalue weighted by atomic mass is 16.2. The van der Waals surface area contributed by atoms with Gasteiger partial charge in [0.05, 0.1) is 0 Å². The molecule has 0 fully saturated rings. The van der Waals surface area contributed by atoms with Gasteiger partial charge in [-0.3, -0.25) is 19.0 Å². The number of aryl methyl sites for hydroxylation is 3. The van der Waals surface area contributed by atoms with E-state index < -0.39 is 11.5 Å². The Labute approximate surface area is 188 Å². The maximum atomic E-state index is 13.6. The molecule has 0 unspecified atom stereocenters. The standard InChI is InChI=1S/C27H28N2O3/c1-16-6-10-20(11-7-16)29-23-14-27(4,5)15-24(30)21(23)13-22(26(29)32)25(31)28-19-9-8-17(2)18(3)12-19/h6-13H,14-15H2,1-5H3,(H,28,31). The predicted molar refractivity (Wildman–Crippen MR) is 127 cm³/mol. The van der Waals surface area contributed by atoms with E-state index in [2.05, 4.69) is 5.32 Å². The van der Waals surface area contributed by atoms with Crippen molar-refractivity contribution in [1.29, 1.82) is 0 Å². The van der Waals surface area contributed by atoms with E-state index in [1.807, 2.05) is 77.1 Å². The van der Waals surface area contributed by atoms with E-state index in [-0.39, 0.29) is 16.8 Å². The van der Waals surface area contributed by atoms with Crippen molar-refractivity contribution in [3.05, 3.63) is 92.4 Å². The molecule has 3 aromatic rings. The molecule has 0 atom stereocenters. The van der Waals surface area contributed by atoms with E-state index in [0.29, 0.717) is 35.5 Å². The van der Waals surface area contributed by atoms with Crippen LogP contribution in [0.15, 0.2) is 53.3 Å².